The second kappa shape index (κ2) is 6.15. The Balaban J connectivity index is 1.83. The van der Waals surface area contributed by atoms with Crippen LogP contribution < -0.4 is 5.32 Å². The van der Waals surface area contributed by atoms with Gasteiger partial charge in [0, 0.05) is 11.4 Å². The number of amides is 1. The molecule has 1 saturated carbocycles. The van der Waals surface area contributed by atoms with Crippen molar-refractivity contribution in [3.8, 4) is 0 Å². The number of alkyl halides is 1. The molecule has 1 N–H and O–H groups in total. The summed E-state index contributed by atoms with van der Waals surface area (Å²) in [4.78, 5) is 17.8. The first-order valence-electron chi connectivity index (χ1n) is 6.42. The van der Waals surface area contributed by atoms with E-state index in [2.05, 4.69) is 26.2 Å². The summed E-state index contributed by atoms with van der Waals surface area (Å²) in [6, 6.07) is 0. The summed E-state index contributed by atoms with van der Waals surface area (Å²) in [5.74, 6) is 0.677. The Morgan fingerprint density at radius 3 is 2.61 bits per heavy atom. The Morgan fingerprint density at radius 1 is 1.39 bits per heavy atom. The average molecular weight is 331 g/mol. The van der Waals surface area contributed by atoms with Crippen LogP contribution in [0.2, 0.25) is 0 Å². The number of carbonyl (C=O) groups is 1. The molecule has 0 radical (unpaired) electrons. The maximum atomic E-state index is 12.0. The highest BCUT2D eigenvalue weighted by atomic mass is 79.9. The van der Waals surface area contributed by atoms with Gasteiger partial charge in [-0.2, -0.15) is 0 Å². The van der Waals surface area contributed by atoms with Crippen LogP contribution in [0.5, 0.6) is 0 Å². The van der Waals surface area contributed by atoms with Crippen LogP contribution in [0, 0.1) is 19.8 Å². The third-order valence-electron chi connectivity index (χ3n) is 3.44. The smallest absolute Gasteiger partial charge is 0.263 e. The summed E-state index contributed by atoms with van der Waals surface area (Å²) in [6.45, 7) is 4.63. The molecule has 1 aliphatic rings. The van der Waals surface area contributed by atoms with Gasteiger partial charge in [-0.15, -0.1) is 11.3 Å². The van der Waals surface area contributed by atoms with E-state index < -0.39 is 0 Å². The maximum Gasteiger partial charge on any atom is 0.263 e. The second-order valence-corrected chi connectivity index (χ2v) is 7.47. The third kappa shape index (κ3) is 3.54. The molecule has 0 spiro atoms. The van der Waals surface area contributed by atoms with Gasteiger partial charge in [-0.25, -0.2) is 4.98 Å². The fourth-order valence-electron chi connectivity index (χ4n) is 2.39. The molecule has 18 heavy (non-hydrogen) atoms. The van der Waals surface area contributed by atoms with Crippen LogP contribution in [0.25, 0.3) is 0 Å². The van der Waals surface area contributed by atoms with Gasteiger partial charge >= 0.3 is 0 Å². The number of halogens is 1. The number of hydrogen-bond donors (Lipinski definition) is 1. The van der Waals surface area contributed by atoms with E-state index in [1.54, 1.807) is 0 Å². The highest BCUT2D eigenvalue weighted by Crippen LogP contribution is 2.28. The van der Waals surface area contributed by atoms with Gasteiger partial charge in [-0.3, -0.25) is 4.79 Å². The lowest BCUT2D eigenvalue weighted by molar-refractivity contribution is 0.0947. The Morgan fingerprint density at radius 2 is 2.06 bits per heavy atom. The molecule has 0 saturated heterocycles. The van der Waals surface area contributed by atoms with Crippen molar-refractivity contribution >= 4 is 33.2 Å². The fourth-order valence-corrected chi connectivity index (χ4v) is 3.75. The highest BCUT2D eigenvalue weighted by Gasteiger charge is 2.20. The first kappa shape index (κ1) is 14.0. The van der Waals surface area contributed by atoms with E-state index in [0.717, 1.165) is 22.1 Å². The van der Waals surface area contributed by atoms with E-state index in [1.165, 1.54) is 37.0 Å². The Bertz CT molecular complexity index is 425. The molecular formula is C13H19BrN2OS. The predicted molar refractivity (Wildman–Crippen MR) is 78.6 cm³/mol. The van der Waals surface area contributed by atoms with Gasteiger partial charge < -0.3 is 5.32 Å². The van der Waals surface area contributed by atoms with Crippen LogP contribution in [0.4, 0.5) is 0 Å². The normalized spacial score (nSPS) is 23.9. The number of thiazole rings is 1. The standard InChI is InChI=1S/C13H19BrN2OS/c1-8-12(18-9(2)16-8)13(17)15-7-10-3-5-11(14)6-4-10/h10-11H,3-7H2,1-2H3,(H,15,17). The van der Waals surface area contributed by atoms with E-state index >= 15 is 0 Å². The summed E-state index contributed by atoms with van der Waals surface area (Å²) in [7, 11) is 0. The zero-order chi connectivity index (χ0) is 13.1. The third-order valence-corrected chi connectivity index (χ3v) is 5.42. The number of nitrogens with zero attached hydrogens (tertiary/aromatic N) is 1. The van der Waals surface area contributed by atoms with Crippen LogP contribution >= 0.6 is 27.3 Å². The molecule has 1 aromatic rings. The lowest BCUT2D eigenvalue weighted by Gasteiger charge is -2.25. The molecule has 1 aromatic heterocycles. The van der Waals surface area contributed by atoms with Crippen molar-refractivity contribution in [3.05, 3.63) is 15.6 Å². The zero-order valence-corrected chi connectivity index (χ0v) is 13.2. The topological polar surface area (TPSA) is 42.0 Å². The molecule has 5 heteroatoms. The molecule has 0 unspecified atom stereocenters. The number of carbonyl (C=O) groups excluding carboxylic acids is 1. The SMILES string of the molecule is Cc1nc(C)c(C(=O)NCC2CCC(Br)CC2)s1. The lowest BCUT2D eigenvalue weighted by Crippen LogP contribution is -2.31. The molecular weight excluding hydrogens is 312 g/mol. The molecule has 0 bridgehead atoms. The first-order valence-corrected chi connectivity index (χ1v) is 8.15. The van der Waals surface area contributed by atoms with Crippen molar-refractivity contribution in [3.63, 3.8) is 0 Å². The Labute approximate surface area is 121 Å². The van der Waals surface area contributed by atoms with Gasteiger partial charge in [0.05, 0.1) is 10.7 Å². The summed E-state index contributed by atoms with van der Waals surface area (Å²) in [5.41, 5.74) is 0.846. The highest BCUT2D eigenvalue weighted by molar-refractivity contribution is 9.09. The maximum absolute atomic E-state index is 12.0. The van der Waals surface area contributed by atoms with Gasteiger partial charge in [-0.05, 0) is 45.4 Å². The van der Waals surface area contributed by atoms with Crippen LogP contribution in [0.1, 0.15) is 46.1 Å². The first-order chi connectivity index (χ1) is 8.56. The number of aromatic nitrogens is 1. The summed E-state index contributed by atoms with van der Waals surface area (Å²) >= 11 is 5.13. The molecule has 1 aliphatic carbocycles. The van der Waals surface area contributed by atoms with Crippen LogP contribution in [0.3, 0.4) is 0 Å². The summed E-state index contributed by atoms with van der Waals surface area (Å²) < 4.78 is 0. The molecule has 2 rings (SSSR count). The molecule has 1 amide bonds. The monoisotopic (exact) mass is 330 g/mol. The zero-order valence-electron chi connectivity index (χ0n) is 10.8. The van der Waals surface area contributed by atoms with Crippen LogP contribution in [-0.2, 0) is 0 Å². The molecule has 3 nitrogen and oxygen atoms in total. The van der Waals surface area contributed by atoms with E-state index in [1.807, 2.05) is 13.8 Å². The van der Waals surface area contributed by atoms with E-state index in [4.69, 9.17) is 0 Å². The summed E-state index contributed by atoms with van der Waals surface area (Å²) in [6.07, 6.45) is 4.85. The quantitative estimate of drug-likeness (QED) is 0.862. The predicted octanol–water partition coefficient (Wildman–Crippen LogP) is 3.44. The van der Waals surface area contributed by atoms with Crippen molar-refractivity contribution < 1.29 is 4.79 Å². The number of rotatable bonds is 3. The van der Waals surface area contributed by atoms with Crippen molar-refractivity contribution in [2.24, 2.45) is 5.92 Å². The van der Waals surface area contributed by atoms with E-state index in [0.29, 0.717) is 10.7 Å². The van der Waals surface area contributed by atoms with Crippen molar-refractivity contribution in [2.75, 3.05) is 6.54 Å². The minimum atomic E-state index is 0.0408. The molecule has 0 atom stereocenters. The van der Waals surface area contributed by atoms with Crippen LogP contribution in [0.15, 0.2) is 0 Å². The lowest BCUT2D eigenvalue weighted by atomic mass is 9.89. The van der Waals surface area contributed by atoms with E-state index in [-0.39, 0.29) is 5.91 Å². The van der Waals surface area contributed by atoms with Gasteiger partial charge in [0.15, 0.2) is 0 Å². The van der Waals surface area contributed by atoms with Crippen molar-refractivity contribution in [1.82, 2.24) is 10.3 Å². The molecule has 0 aliphatic heterocycles. The Hall–Kier alpha value is -0.420. The minimum absolute atomic E-state index is 0.0408. The molecule has 0 aromatic carbocycles. The van der Waals surface area contributed by atoms with Crippen molar-refractivity contribution in [2.45, 2.75) is 44.4 Å². The van der Waals surface area contributed by atoms with E-state index in [9.17, 15) is 4.79 Å². The van der Waals surface area contributed by atoms with Gasteiger partial charge in [0.1, 0.15) is 4.88 Å². The second-order valence-electron chi connectivity index (χ2n) is 4.98. The number of nitrogens with one attached hydrogen (secondary N) is 1. The number of hydrogen-bond acceptors (Lipinski definition) is 3. The molecule has 1 heterocycles. The van der Waals surface area contributed by atoms with Gasteiger partial charge in [-0.1, -0.05) is 15.9 Å². The minimum Gasteiger partial charge on any atom is -0.351 e. The largest absolute Gasteiger partial charge is 0.351 e. The fraction of sp³-hybridized carbons (Fsp3) is 0.692. The average Bonchev–Trinajstić information content (AvgIpc) is 2.67. The molecule has 1 fully saturated rings. The number of aryl methyl sites for hydroxylation is 2. The Kier molecular flexibility index (Phi) is 4.78. The summed E-state index contributed by atoms with van der Waals surface area (Å²) in [5, 5.41) is 4.01. The van der Waals surface area contributed by atoms with Crippen LogP contribution in [-0.4, -0.2) is 22.3 Å². The molecule has 100 valence electrons. The van der Waals surface area contributed by atoms with Gasteiger partial charge in [0.25, 0.3) is 5.91 Å². The van der Waals surface area contributed by atoms with Gasteiger partial charge in [0.2, 0.25) is 0 Å². The van der Waals surface area contributed by atoms with Crippen molar-refractivity contribution in [1.29, 1.82) is 0 Å².